The van der Waals surface area contributed by atoms with Crippen LogP contribution in [0.25, 0.3) is 0 Å². The summed E-state index contributed by atoms with van der Waals surface area (Å²) in [7, 11) is 5.53. The summed E-state index contributed by atoms with van der Waals surface area (Å²) in [6.45, 7) is 2.90. The van der Waals surface area contributed by atoms with E-state index < -0.39 is 11.5 Å². The van der Waals surface area contributed by atoms with Crippen molar-refractivity contribution in [3.8, 4) is 0 Å². The fourth-order valence-electron chi connectivity index (χ4n) is 1.76. The van der Waals surface area contributed by atoms with Crippen LogP contribution >= 0.6 is 0 Å². The fraction of sp³-hybridized carbons (Fsp3) is 0.833. The molecule has 1 saturated carbocycles. The van der Waals surface area contributed by atoms with Gasteiger partial charge in [0.2, 0.25) is 0 Å². The van der Waals surface area contributed by atoms with Crippen LogP contribution in [-0.4, -0.2) is 66.7 Å². The molecule has 0 saturated heterocycles. The molecule has 6 heteroatoms. The molecule has 104 valence electrons. The number of amides is 2. The highest BCUT2D eigenvalue weighted by molar-refractivity contribution is 5.86. The molecule has 1 aliphatic carbocycles. The molecule has 1 atom stereocenters. The molecule has 1 unspecified atom stereocenters. The van der Waals surface area contributed by atoms with E-state index in [1.807, 2.05) is 19.0 Å². The summed E-state index contributed by atoms with van der Waals surface area (Å²) >= 11 is 0. The van der Waals surface area contributed by atoms with Crippen LogP contribution < -0.4 is 5.32 Å². The van der Waals surface area contributed by atoms with Crippen LogP contribution in [0.2, 0.25) is 0 Å². The summed E-state index contributed by atoms with van der Waals surface area (Å²) in [5.41, 5.74) is -1.14. The number of nitrogens with zero attached hydrogens (tertiary/aromatic N) is 2. The molecule has 0 spiro atoms. The predicted molar refractivity (Wildman–Crippen MR) is 68.5 cm³/mol. The molecular weight excluding hydrogens is 234 g/mol. The van der Waals surface area contributed by atoms with Gasteiger partial charge in [-0.1, -0.05) is 0 Å². The van der Waals surface area contributed by atoms with Gasteiger partial charge in [0.05, 0.1) is 0 Å². The second kappa shape index (κ2) is 5.56. The molecule has 0 bridgehead atoms. The Bertz CT molecular complexity index is 329. The number of rotatable bonds is 6. The highest BCUT2D eigenvalue weighted by Crippen LogP contribution is 2.39. The Kier molecular flexibility index (Phi) is 4.56. The van der Waals surface area contributed by atoms with Crippen LogP contribution in [0.3, 0.4) is 0 Å². The number of nitrogens with one attached hydrogen (secondary N) is 1. The van der Waals surface area contributed by atoms with Gasteiger partial charge in [-0.25, -0.2) is 9.59 Å². The number of hydrogen-bond donors (Lipinski definition) is 2. The molecule has 1 fully saturated rings. The number of carboxylic acids is 1. The largest absolute Gasteiger partial charge is 0.480 e. The molecule has 18 heavy (non-hydrogen) atoms. The van der Waals surface area contributed by atoms with Gasteiger partial charge < -0.3 is 20.2 Å². The smallest absolute Gasteiger partial charge is 0.329 e. The highest BCUT2D eigenvalue weighted by atomic mass is 16.4. The van der Waals surface area contributed by atoms with Gasteiger partial charge in [0.25, 0.3) is 0 Å². The Morgan fingerprint density at radius 2 is 1.83 bits per heavy atom. The van der Waals surface area contributed by atoms with Crippen LogP contribution in [0.15, 0.2) is 0 Å². The Hall–Kier alpha value is -1.30. The molecule has 0 radical (unpaired) electrons. The topological polar surface area (TPSA) is 72.9 Å². The lowest BCUT2D eigenvalue weighted by atomic mass is 9.96. The summed E-state index contributed by atoms with van der Waals surface area (Å²) in [5, 5.41) is 11.9. The lowest BCUT2D eigenvalue weighted by molar-refractivity contribution is -0.144. The van der Waals surface area contributed by atoms with Gasteiger partial charge in [-0.15, -0.1) is 0 Å². The van der Waals surface area contributed by atoms with Crippen molar-refractivity contribution < 1.29 is 14.7 Å². The first-order chi connectivity index (χ1) is 8.27. The Labute approximate surface area is 108 Å². The van der Waals surface area contributed by atoms with Gasteiger partial charge in [-0.05, 0) is 39.8 Å². The van der Waals surface area contributed by atoms with Crippen molar-refractivity contribution in [3.05, 3.63) is 0 Å². The number of likely N-dealkylation sites (N-methyl/N-ethyl adjacent to an activating group) is 2. The number of urea groups is 1. The second-order valence-corrected chi connectivity index (χ2v) is 5.44. The van der Waals surface area contributed by atoms with Crippen LogP contribution in [0.1, 0.15) is 19.8 Å². The van der Waals surface area contributed by atoms with E-state index in [2.05, 4.69) is 5.32 Å². The van der Waals surface area contributed by atoms with Crippen molar-refractivity contribution in [2.75, 3.05) is 34.2 Å². The maximum atomic E-state index is 11.9. The van der Waals surface area contributed by atoms with Gasteiger partial charge in [-0.2, -0.15) is 0 Å². The average molecular weight is 257 g/mol. The normalized spacial score (nSPS) is 18.3. The molecule has 0 aromatic carbocycles. The van der Waals surface area contributed by atoms with Gasteiger partial charge in [0, 0.05) is 20.1 Å². The molecule has 2 amide bonds. The summed E-state index contributed by atoms with van der Waals surface area (Å²) in [6, 6.07) is -0.325. The van der Waals surface area contributed by atoms with E-state index in [0.29, 0.717) is 6.54 Å². The van der Waals surface area contributed by atoms with Gasteiger partial charge in [-0.3, -0.25) is 0 Å². The Balaban J connectivity index is 2.53. The summed E-state index contributed by atoms with van der Waals surface area (Å²) in [5.74, 6) is -0.902. The monoisotopic (exact) mass is 257 g/mol. The Morgan fingerprint density at radius 3 is 2.22 bits per heavy atom. The zero-order chi connectivity index (χ0) is 13.9. The third-order valence-corrected chi connectivity index (χ3v) is 3.43. The van der Waals surface area contributed by atoms with Crippen molar-refractivity contribution in [2.45, 2.75) is 25.3 Å². The second-order valence-electron chi connectivity index (χ2n) is 5.44. The van der Waals surface area contributed by atoms with E-state index >= 15 is 0 Å². The quantitative estimate of drug-likeness (QED) is 0.724. The maximum Gasteiger partial charge on any atom is 0.329 e. The molecule has 1 aliphatic rings. The third-order valence-electron chi connectivity index (χ3n) is 3.43. The summed E-state index contributed by atoms with van der Waals surface area (Å²) < 4.78 is 0. The molecule has 1 rings (SSSR count). The number of carboxylic acid groups (broad SMARTS) is 1. The summed E-state index contributed by atoms with van der Waals surface area (Å²) in [4.78, 5) is 26.7. The zero-order valence-electron chi connectivity index (χ0n) is 11.6. The maximum absolute atomic E-state index is 11.9. The van der Waals surface area contributed by atoms with Crippen molar-refractivity contribution >= 4 is 12.0 Å². The number of carbonyl (C=O) groups is 2. The number of aliphatic carboxylic acids is 1. The van der Waals surface area contributed by atoms with Crippen molar-refractivity contribution in [3.63, 3.8) is 0 Å². The molecule has 2 N–H and O–H groups in total. The minimum atomic E-state index is -1.14. The molecule has 0 aromatic rings. The first-order valence-electron chi connectivity index (χ1n) is 6.18. The van der Waals surface area contributed by atoms with E-state index in [1.54, 1.807) is 14.0 Å². The molecule has 0 aliphatic heterocycles. The molecular formula is C12H23N3O3. The van der Waals surface area contributed by atoms with Gasteiger partial charge in [0.15, 0.2) is 0 Å². The lowest BCUT2D eigenvalue weighted by Gasteiger charge is -2.29. The average Bonchev–Trinajstić information content (AvgIpc) is 3.08. The lowest BCUT2D eigenvalue weighted by Crippen LogP contribution is -2.57. The third kappa shape index (κ3) is 3.60. The number of hydrogen-bond acceptors (Lipinski definition) is 3. The van der Waals surface area contributed by atoms with Crippen LogP contribution in [0.5, 0.6) is 0 Å². The number of carbonyl (C=O) groups excluding carboxylic acids is 1. The first-order valence-corrected chi connectivity index (χ1v) is 6.18. The van der Waals surface area contributed by atoms with Crippen molar-refractivity contribution in [2.24, 2.45) is 5.92 Å². The first kappa shape index (κ1) is 14.8. The fourth-order valence-corrected chi connectivity index (χ4v) is 1.76. The van der Waals surface area contributed by atoms with E-state index in [9.17, 15) is 14.7 Å². The minimum Gasteiger partial charge on any atom is -0.480 e. The van der Waals surface area contributed by atoms with Gasteiger partial charge in [0.1, 0.15) is 5.54 Å². The van der Waals surface area contributed by atoms with E-state index in [0.717, 1.165) is 19.4 Å². The van der Waals surface area contributed by atoms with Crippen molar-refractivity contribution in [1.82, 2.24) is 15.1 Å². The molecule has 6 nitrogen and oxygen atoms in total. The SMILES string of the molecule is CN(C)CCN(C)C(=O)NC(C)(C(=O)O)C1CC1. The van der Waals surface area contributed by atoms with E-state index in [1.165, 1.54) is 4.90 Å². The van der Waals surface area contributed by atoms with Gasteiger partial charge >= 0.3 is 12.0 Å². The minimum absolute atomic E-state index is 0.0567. The van der Waals surface area contributed by atoms with E-state index in [4.69, 9.17) is 0 Å². The van der Waals surface area contributed by atoms with Crippen molar-refractivity contribution in [1.29, 1.82) is 0 Å². The molecule has 0 aromatic heterocycles. The summed E-state index contributed by atoms with van der Waals surface area (Å²) in [6.07, 6.45) is 1.73. The van der Waals surface area contributed by atoms with Crippen LogP contribution in [0.4, 0.5) is 4.79 Å². The standard InChI is InChI=1S/C12H23N3O3/c1-12(10(16)17,9-5-6-9)13-11(18)15(4)8-7-14(2)3/h9H,5-8H2,1-4H3,(H,13,18)(H,16,17). The molecule has 0 heterocycles. The van der Waals surface area contributed by atoms with E-state index in [-0.39, 0.29) is 11.9 Å². The van der Waals surface area contributed by atoms with Crippen LogP contribution in [-0.2, 0) is 4.79 Å². The van der Waals surface area contributed by atoms with Crippen LogP contribution in [0, 0.1) is 5.92 Å². The predicted octanol–water partition coefficient (Wildman–Crippen LogP) is 0.443. The Morgan fingerprint density at radius 1 is 1.28 bits per heavy atom. The zero-order valence-corrected chi connectivity index (χ0v) is 11.6. The highest BCUT2D eigenvalue weighted by Gasteiger charge is 2.48.